The zero-order valence-corrected chi connectivity index (χ0v) is 17.6. The number of para-hydroxylation sites is 1. The predicted octanol–water partition coefficient (Wildman–Crippen LogP) is 3.74. The molecule has 3 heterocycles. The molecule has 2 N–H and O–H groups in total. The number of hydrogen-bond donors (Lipinski definition) is 2. The maximum Gasteiger partial charge on any atom is 0.254 e. The molecule has 30 heavy (non-hydrogen) atoms. The van der Waals surface area contributed by atoms with Gasteiger partial charge in [0.15, 0.2) is 0 Å². The molecular formula is C24H27N5O. The Kier molecular flexibility index (Phi) is 5.50. The van der Waals surface area contributed by atoms with Gasteiger partial charge in [-0.3, -0.25) is 9.78 Å². The Bertz CT molecular complexity index is 1190. The summed E-state index contributed by atoms with van der Waals surface area (Å²) < 4.78 is 1.83. The number of benzene rings is 1. The average molecular weight is 402 g/mol. The van der Waals surface area contributed by atoms with Crippen molar-refractivity contribution < 1.29 is 0 Å². The zero-order valence-electron chi connectivity index (χ0n) is 17.6. The van der Waals surface area contributed by atoms with Crippen molar-refractivity contribution >= 4 is 11.0 Å². The van der Waals surface area contributed by atoms with Crippen molar-refractivity contribution in [2.24, 2.45) is 0 Å². The van der Waals surface area contributed by atoms with Crippen LogP contribution < -0.4 is 10.9 Å². The minimum Gasteiger partial charge on any atom is -0.312 e. The lowest BCUT2D eigenvalue weighted by Crippen LogP contribution is -2.23. The summed E-state index contributed by atoms with van der Waals surface area (Å²) in [7, 11) is 0. The molecule has 1 aromatic carbocycles. The summed E-state index contributed by atoms with van der Waals surface area (Å²) in [5.41, 5.74) is 4.33. The van der Waals surface area contributed by atoms with Gasteiger partial charge in [-0.2, -0.15) is 5.10 Å². The number of nitrogens with zero attached hydrogens (tertiary/aromatic N) is 3. The first-order chi connectivity index (χ1) is 14.4. The maximum atomic E-state index is 12.8. The third kappa shape index (κ3) is 4.19. The Morgan fingerprint density at radius 1 is 1.07 bits per heavy atom. The second-order valence-corrected chi connectivity index (χ2v) is 8.51. The van der Waals surface area contributed by atoms with Gasteiger partial charge in [0.05, 0.1) is 11.4 Å². The number of H-pyrrole nitrogens is 1. The minimum atomic E-state index is -0.150. The summed E-state index contributed by atoms with van der Waals surface area (Å²) in [6.45, 7) is 7.72. The van der Waals surface area contributed by atoms with Crippen LogP contribution in [0.2, 0.25) is 0 Å². The molecule has 0 saturated carbocycles. The van der Waals surface area contributed by atoms with Gasteiger partial charge in [-0.15, -0.1) is 0 Å². The fourth-order valence-corrected chi connectivity index (χ4v) is 3.56. The van der Waals surface area contributed by atoms with Crippen LogP contribution in [0.1, 0.15) is 37.6 Å². The highest BCUT2D eigenvalue weighted by molar-refractivity contribution is 5.81. The van der Waals surface area contributed by atoms with Gasteiger partial charge in [0.2, 0.25) is 0 Å². The van der Waals surface area contributed by atoms with Crippen molar-refractivity contribution in [3.05, 3.63) is 88.1 Å². The van der Waals surface area contributed by atoms with Crippen LogP contribution in [-0.4, -0.2) is 26.3 Å². The van der Waals surface area contributed by atoms with Gasteiger partial charge >= 0.3 is 0 Å². The Hall–Kier alpha value is -3.25. The first-order valence-corrected chi connectivity index (χ1v) is 10.2. The van der Waals surface area contributed by atoms with Crippen LogP contribution in [0.5, 0.6) is 0 Å². The van der Waals surface area contributed by atoms with Gasteiger partial charge < -0.3 is 10.3 Å². The van der Waals surface area contributed by atoms with E-state index in [0.29, 0.717) is 6.54 Å². The van der Waals surface area contributed by atoms with Crippen LogP contribution in [-0.2, 0) is 18.4 Å². The standard InChI is InChI=1S/C24H27N5O/c1-24(2,3)21-20-15-18(16-26-14-11-17-9-12-25-13-10-17)23(30)27-22(20)29(28-21)19-7-5-4-6-8-19/h4-10,12-13,15,26H,11,14,16H2,1-3H3,(H,27,30). The number of pyridine rings is 2. The van der Waals surface area contributed by atoms with Crippen molar-refractivity contribution in [3.8, 4) is 5.69 Å². The van der Waals surface area contributed by atoms with Gasteiger partial charge in [0, 0.05) is 35.3 Å². The monoisotopic (exact) mass is 401 g/mol. The Balaban J connectivity index is 1.64. The lowest BCUT2D eigenvalue weighted by molar-refractivity contribution is 0.565. The van der Waals surface area contributed by atoms with Gasteiger partial charge in [-0.25, -0.2) is 4.68 Å². The fourth-order valence-electron chi connectivity index (χ4n) is 3.56. The number of aromatic nitrogens is 4. The zero-order chi connectivity index (χ0) is 21.1. The van der Waals surface area contributed by atoms with Crippen molar-refractivity contribution in [2.75, 3.05) is 6.54 Å². The second kappa shape index (κ2) is 8.24. The molecule has 0 atom stereocenters. The number of hydrogen-bond acceptors (Lipinski definition) is 4. The van der Waals surface area contributed by atoms with E-state index in [1.807, 2.05) is 53.2 Å². The van der Waals surface area contributed by atoms with Crippen LogP contribution in [0.3, 0.4) is 0 Å². The minimum absolute atomic E-state index is 0.0866. The summed E-state index contributed by atoms with van der Waals surface area (Å²) >= 11 is 0. The smallest absolute Gasteiger partial charge is 0.254 e. The highest BCUT2D eigenvalue weighted by Gasteiger charge is 2.24. The van der Waals surface area contributed by atoms with E-state index in [2.05, 4.69) is 36.1 Å². The summed E-state index contributed by atoms with van der Waals surface area (Å²) in [6, 6.07) is 15.9. The molecule has 6 heteroatoms. The molecule has 0 bridgehead atoms. The molecule has 0 spiro atoms. The van der Waals surface area contributed by atoms with Crippen molar-refractivity contribution in [1.82, 2.24) is 25.1 Å². The molecule has 0 radical (unpaired) electrons. The largest absolute Gasteiger partial charge is 0.312 e. The third-order valence-electron chi connectivity index (χ3n) is 5.13. The molecule has 0 aliphatic heterocycles. The van der Waals surface area contributed by atoms with Crippen LogP contribution in [0.15, 0.2) is 65.7 Å². The summed E-state index contributed by atoms with van der Waals surface area (Å²) in [5, 5.41) is 9.24. The highest BCUT2D eigenvalue weighted by atomic mass is 16.1. The molecule has 0 fully saturated rings. The van der Waals surface area contributed by atoms with E-state index < -0.39 is 0 Å². The highest BCUT2D eigenvalue weighted by Crippen LogP contribution is 2.29. The summed E-state index contributed by atoms with van der Waals surface area (Å²) in [4.78, 5) is 19.9. The molecule has 0 aliphatic rings. The van der Waals surface area contributed by atoms with Crippen molar-refractivity contribution in [3.63, 3.8) is 0 Å². The average Bonchev–Trinajstić information content (AvgIpc) is 3.11. The lowest BCUT2D eigenvalue weighted by Gasteiger charge is -2.15. The summed E-state index contributed by atoms with van der Waals surface area (Å²) in [6.07, 6.45) is 4.49. The van der Waals surface area contributed by atoms with E-state index in [9.17, 15) is 4.79 Å². The van der Waals surface area contributed by atoms with Crippen LogP contribution in [0.25, 0.3) is 16.7 Å². The molecule has 0 aliphatic carbocycles. The topological polar surface area (TPSA) is 75.6 Å². The molecule has 4 rings (SSSR count). The number of aromatic amines is 1. The van der Waals surface area contributed by atoms with E-state index in [-0.39, 0.29) is 11.0 Å². The summed E-state index contributed by atoms with van der Waals surface area (Å²) in [5.74, 6) is 0. The SMILES string of the molecule is CC(C)(C)c1nn(-c2ccccc2)c2[nH]c(=O)c(CNCCc3ccncc3)cc12. The van der Waals surface area contributed by atoms with E-state index in [1.165, 1.54) is 5.56 Å². The van der Waals surface area contributed by atoms with Crippen LogP contribution >= 0.6 is 0 Å². The number of rotatable bonds is 6. The van der Waals surface area contributed by atoms with E-state index >= 15 is 0 Å². The predicted molar refractivity (Wildman–Crippen MR) is 120 cm³/mol. The molecule has 6 nitrogen and oxygen atoms in total. The molecule has 0 amide bonds. The van der Waals surface area contributed by atoms with Crippen molar-refractivity contribution in [2.45, 2.75) is 39.2 Å². The van der Waals surface area contributed by atoms with E-state index in [1.54, 1.807) is 12.4 Å². The molecule has 154 valence electrons. The lowest BCUT2D eigenvalue weighted by atomic mass is 9.90. The first-order valence-electron chi connectivity index (χ1n) is 10.2. The maximum absolute atomic E-state index is 12.8. The Morgan fingerprint density at radius 3 is 2.50 bits per heavy atom. The molecule has 3 aromatic heterocycles. The van der Waals surface area contributed by atoms with E-state index in [0.717, 1.165) is 40.9 Å². The van der Waals surface area contributed by atoms with Crippen LogP contribution in [0, 0.1) is 0 Å². The Morgan fingerprint density at radius 2 is 1.80 bits per heavy atom. The molecular weight excluding hydrogens is 374 g/mol. The van der Waals surface area contributed by atoms with Crippen LogP contribution in [0.4, 0.5) is 0 Å². The Labute approximate surface area is 176 Å². The van der Waals surface area contributed by atoms with Crippen molar-refractivity contribution in [1.29, 1.82) is 0 Å². The van der Waals surface area contributed by atoms with Gasteiger partial charge in [-0.05, 0) is 48.9 Å². The molecule has 4 aromatic rings. The number of fused-ring (bicyclic) bond motifs is 1. The normalized spacial score (nSPS) is 11.8. The molecule has 0 unspecified atom stereocenters. The quantitative estimate of drug-likeness (QED) is 0.483. The first kappa shape index (κ1) is 20.0. The third-order valence-corrected chi connectivity index (χ3v) is 5.13. The fraction of sp³-hybridized carbons (Fsp3) is 0.292. The number of nitrogens with one attached hydrogen (secondary N) is 2. The van der Waals surface area contributed by atoms with Gasteiger partial charge in [-0.1, -0.05) is 39.0 Å². The molecule has 0 saturated heterocycles. The van der Waals surface area contributed by atoms with Gasteiger partial charge in [0.1, 0.15) is 5.65 Å². The van der Waals surface area contributed by atoms with Gasteiger partial charge in [0.25, 0.3) is 5.56 Å². The second-order valence-electron chi connectivity index (χ2n) is 8.51. The van der Waals surface area contributed by atoms with E-state index in [4.69, 9.17) is 5.10 Å².